The number of hydrogen-bond acceptors (Lipinski definition) is 5. The number of thiophene rings is 1. The van der Waals surface area contributed by atoms with Gasteiger partial charge in [-0.05, 0) is 47.7 Å². The lowest BCUT2D eigenvalue weighted by Gasteiger charge is -2.12. The summed E-state index contributed by atoms with van der Waals surface area (Å²) in [6.45, 7) is 2.09. The molecule has 0 saturated heterocycles. The van der Waals surface area contributed by atoms with Crippen LogP contribution in [0.15, 0.2) is 59.7 Å². The van der Waals surface area contributed by atoms with Crippen molar-refractivity contribution >= 4 is 33.8 Å². The first-order chi connectivity index (χ1) is 14.2. The summed E-state index contributed by atoms with van der Waals surface area (Å²) in [7, 11) is 0. The quantitative estimate of drug-likeness (QED) is 0.512. The molecule has 0 aliphatic carbocycles. The summed E-state index contributed by atoms with van der Waals surface area (Å²) in [4.78, 5) is 18.0. The minimum absolute atomic E-state index is 0. The molecule has 0 bridgehead atoms. The number of fused-ring (bicyclic) bond motifs is 3. The van der Waals surface area contributed by atoms with Gasteiger partial charge in [0.1, 0.15) is 18.2 Å². The van der Waals surface area contributed by atoms with E-state index in [-0.39, 0.29) is 24.6 Å². The van der Waals surface area contributed by atoms with E-state index in [4.69, 9.17) is 4.74 Å². The van der Waals surface area contributed by atoms with Gasteiger partial charge in [-0.1, -0.05) is 6.07 Å². The van der Waals surface area contributed by atoms with Crippen molar-refractivity contribution in [1.82, 2.24) is 14.9 Å². The third kappa shape index (κ3) is 3.96. The van der Waals surface area contributed by atoms with Crippen molar-refractivity contribution in [3.63, 3.8) is 0 Å². The number of ether oxygens (including phenoxy) is 1. The van der Waals surface area contributed by atoms with Crippen molar-refractivity contribution in [2.75, 3.05) is 6.54 Å². The second-order valence-corrected chi connectivity index (χ2v) is 8.07. The Balaban J connectivity index is 0.00000218. The SMILES string of the molecule is Cl.O=c1cc(OCc2ccc(F)cn2)ccn1-c1ccc2c3c(sc2c1)CCNC3. The van der Waals surface area contributed by atoms with Crippen LogP contribution in [0.25, 0.3) is 15.8 Å². The molecule has 1 N–H and O–H groups in total. The summed E-state index contributed by atoms with van der Waals surface area (Å²) < 4.78 is 21.4. The van der Waals surface area contributed by atoms with Crippen molar-refractivity contribution in [3.05, 3.63) is 87.2 Å². The largest absolute Gasteiger partial charge is 0.487 e. The van der Waals surface area contributed by atoms with Gasteiger partial charge in [0.15, 0.2) is 0 Å². The van der Waals surface area contributed by atoms with E-state index < -0.39 is 5.82 Å². The number of hydrogen-bond donors (Lipinski definition) is 1. The van der Waals surface area contributed by atoms with Crippen LogP contribution >= 0.6 is 23.7 Å². The van der Waals surface area contributed by atoms with E-state index in [0.717, 1.165) is 31.4 Å². The van der Waals surface area contributed by atoms with E-state index in [2.05, 4.69) is 22.4 Å². The number of rotatable bonds is 4. The third-order valence-electron chi connectivity index (χ3n) is 5.04. The van der Waals surface area contributed by atoms with Crippen LogP contribution in [0.1, 0.15) is 16.1 Å². The maximum Gasteiger partial charge on any atom is 0.258 e. The molecule has 0 radical (unpaired) electrons. The van der Waals surface area contributed by atoms with E-state index in [1.54, 1.807) is 22.9 Å². The van der Waals surface area contributed by atoms with Crippen molar-refractivity contribution < 1.29 is 9.13 Å². The molecule has 4 aromatic rings. The van der Waals surface area contributed by atoms with Gasteiger partial charge in [-0.25, -0.2) is 4.39 Å². The van der Waals surface area contributed by atoms with Gasteiger partial charge in [-0.2, -0.15) is 0 Å². The molecule has 1 aromatic carbocycles. The molecule has 5 nitrogen and oxygen atoms in total. The first-order valence-corrected chi connectivity index (χ1v) is 10.2. The molecule has 154 valence electrons. The molecule has 4 heterocycles. The fourth-order valence-corrected chi connectivity index (χ4v) is 4.82. The maximum atomic E-state index is 12.9. The van der Waals surface area contributed by atoms with Gasteiger partial charge in [0.05, 0.1) is 17.6 Å². The lowest BCUT2D eigenvalue weighted by Crippen LogP contribution is -2.22. The standard InChI is InChI=1S/C22H18FN3O2S.ClH/c23-14-1-2-15(25-11-14)13-28-17-6-8-26(22(27)10-17)16-3-4-18-19-12-24-7-5-20(19)29-21(18)9-16;/h1-4,6,8-11,24H,5,7,12-13H2;1H. The number of halogens is 2. The van der Waals surface area contributed by atoms with E-state index in [0.29, 0.717) is 11.4 Å². The Morgan fingerprint density at radius 2 is 2.10 bits per heavy atom. The molecular formula is C22H19ClFN3O2S. The van der Waals surface area contributed by atoms with Crippen LogP contribution in [0, 0.1) is 5.82 Å². The van der Waals surface area contributed by atoms with Gasteiger partial charge < -0.3 is 10.1 Å². The zero-order valence-corrected chi connectivity index (χ0v) is 17.6. The van der Waals surface area contributed by atoms with Gasteiger partial charge in [0.25, 0.3) is 5.56 Å². The molecule has 0 saturated carbocycles. The summed E-state index contributed by atoms with van der Waals surface area (Å²) in [5.41, 5.74) is 2.64. The number of pyridine rings is 2. The van der Waals surface area contributed by atoms with E-state index in [1.807, 2.05) is 17.4 Å². The molecule has 1 aliphatic rings. The highest BCUT2D eigenvalue weighted by molar-refractivity contribution is 7.19. The second kappa shape index (κ2) is 8.55. The molecule has 3 aromatic heterocycles. The Hall–Kier alpha value is -2.74. The molecule has 1 aliphatic heterocycles. The lowest BCUT2D eigenvalue weighted by molar-refractivity contribution is 0.300. The highest BCUT2D eigenvalue weighted by atomic mass is 35.5. The van der Waals surface area contributed by atoms with Gasteiger partial charge in [-0.3, -0.25) is 14.3 Å². The number of nitrogens with one attached hydrogen (secondary N) is 1. The van der Waals surface area contributed by atoms with Crippen molar-refractivity contribution in [1.29, 1.82) is 0 Å². The highest BCUT2D eigenvalue weighted by Gasteiger charge is 2.16. The molecule has 0 amide bonds. The summed E-state index contributed by atoms with van der Waals surface area (Å²) >= 11 is 1.81. The summed E-state index contributed by atoms with van der Waals surface area (Å²) in [6.07, 6.45) is 3.91. The minimum atomic E-state index is -0.392. The van der Waals surface area contributed by atoms with E-state index in [1.165, 1.54) is 32.7 Å². The minimum Gasteiger partial charge on any atom is -0.487 e. The number of aromatic nitrogens is 2. The first kappa shape index (κ1) is 20.5. The molecule has 30 heavy (non-hydrogen) atoms. The van der Waals surface area contributed by atoms with Gasteiger partial charge in [0.2, 0.25) is 0 Å². The highest BCUT2D eigenvalue weighted by Crippen LogP contribution is 2.34. The Morgan fingerprint density at radius 3 is 2.90 bits per heavy atom. The van der Waals surface area contributed by atoms with Crippen LogP contribution in [0.4, 0.5) is 4.39 Å². The smallest absolute Gasteiger partial charge is 0.258 e. The second-order valence-electron chi connectivity index (χ2n) is 6.94. The van der Waals surface area contributed by atoms with Crippen LogP contribution in [-0.2, 0) is 19.6 Å². The Bertz CT molecular complexity index is 1250. The van der Waals surface area contributed by atoms with Crippen LogP contribution in [-0.4, -0.2) is 16.1 Å². The average Bonchev–Trinajstić information content (AvgIpc) is 3.11. The predicted molar refractivity (Wildman–Crippen MR) is 119 cm³/mol. The topological polar surface area (TPSA) is 56.1 Å². The molecular weight excluding hydrogens is 425 g/mol. The molecule has 0 atom stereocenters. The monoisotopic (exact) mass is 443 g/mol. The number of nitrogens with zero attached hydrogens (tertiary/aromatic N) is 2. The molecule has 0 spiro atoms. The van der Waals surface area contributed by atoms with Crippen molar-refractivity contribution in [2.45, 2.75) is 19.6 Å². The summed E-state index contributed by atoms with van der Waals surface area (Å²) in [5, 5.41) is 4.69. The fraction of sp³-hybridized carbons (Fsp3) is 0.182. The molecule has 5 rings (SSSR count). The van der Waals surface area contributed by atoms with Gasteiger partial charge in [0, 0.05) is 34.9 Å². The zero-order chi connectivity index (χ0) is 19.8. The normalized spacial score (nSPS) is 13.0. The van der Waals surface area contributed by atoms with E-state index >= 15 is 0 Å². The van der Waals surface area contributed by atoms with Crippen LogP contribution in [0.5, 0.6) is 5.75 Å². The maximum absolute atomic E-state index is 12.9. The zero-order valence-electron chi connectivity index (χ0n) is 15.9. The number of benzene rings is 1. The first-order valence-electron chi connectivity index (χ1n) is 9.39. The Morgan fingerprint density at radius 1 is 1.20 bits per heavy atom. The molecule has 0 fully saturated rings. The summed E-state index contributed by atoms with van der Waals surface area (Å²) in [5.74, 6) is 0.0623. The third-order valence-corrected chi connectivity index (χ3v) is 6.29. The Kier molecular flexibility index (Phi) is 5.85. The van der Waals surface area contributed by atoms with Gasteiger partial charge >= 0.3 is 0 Å². The average molecular weight is 444 g/mol. The Labute approximate surface area is 182 Å². The van der Waals surface area contributed by atoms with E-state index in [9.17, 15) is 9.18 Å². The van der Waals surface area contributed by atoms with Crippen molar-refractivity contribution in [3.8, 4) is 11.4 Å². The van der Waals surface area contributed by atoms with Crippen LogP contribution in [0.3, 0.4) is 0 Å². The fourth-order valence-electron chi connectivity index (χ4n) is 3.56. The van der Waals surface area contributed by atoms with Crippen LogP contribution in [0.2, 0.25) is 0 Å². The molecule has 0 unspecified atom stereocenters. The predicted octanol–water partition coefficient (Wildman–Crippen LogP) is 4.23. The lowest BCUT2D eigenvalue weighted by atomic mass is 10.1. The summed E-state index contributed by atoms with van der Waals surface area (Å²) in [6, 6.07) is 12.2. The van der Waals surface area contributed by atoms with Crippen molar-refractivity contribution in [2.24, 2.45) is 0 Å². The van der Waals surface area contributed by atoms with Gasteiger partial charge in [-0.15, -0.1) is 23.7 Å². The molecule has 8 heteroatoms. The van der Waals surface area contributed by atoms with Crippen LogP contribution < -0.4 is 15.6 Å².